The van der Waals surface area contributed by atoms with Gasteiger partial charge >= 0.3 is 0 Å². The topological polar surface area (TPSA) is 65.0 Å². The SMILES string of the molecule is COC(=CC(=O)CCCCO)CC(OC)OC. The Hall–Kier alpha value is -0.910. The molecule has 100 valence electrons. The molecule has 0 amide bonds. The zero-order valence-corrected chi connectivity index (χ0v) is 10.8. The maximum absolute atomic E-state index is 11.5. The second-order valence-corrected chi connectivity index (χ2v) is 3.57. The zero-order valence-electron chi connectivity index (χ0n) is 10.8. The van der Waals surface area contributed by atoms with E-state index in [9.17, 15) is 4.79 Å². The van der Waals surface area contributed by atoms with Crippen LogP contribution in [0.1, 0.15) is 25.7 Å². The Labute approximate surface area is 102 Å². The Morgan fingerprint density at radius 2 is 1.88 bits per heavy atom. The van der Waals surface area contributed by atoms with Crippen molar-refractivity contribution in [2.75, 3.05) is 27.9 Å². The highest BCUT2D eigenvalue weighted by atomic mass is 16.7. The smallest absolute Gasteiger partial charge is 0.163 e. The molecule has 0 aromatic carbocycles. The summed E-state index contributed by atoms with van der Waals surface area (Å²) in [7, 11) is 4.57. The Kier molecular flexibility index (Phi) is 9.71. The summed E-state index contributed by atoms with van der Waals surface area (Å²) in [4.78, 5) is 11.5. The molecule has 0 unspecified atom stereocenters. The Bertz CT molecular complexity index is 233. The molecule has 0 radical (unpaired) electrons. The fourth-order valence-electron chi connectivity index (χ4n) is 1.29. The first-order valence-electron chi connectivity index (χ1n) is 5.61. The first-order valence-corrected chi connectivity index (χ1v) is 5.61. The number of unbranched alkanes of at least 4 members (excludes halogenated alkanes) is 1. The van der Waals surface area contributed by atoms with Gasteiger partial charge in [0.1, 0.15) is 5.76 Å². The maximum Gasteiger partial charge on any atom is 0.163 e. The van der Waals surface area contributed by atoms with Gasteiger partial charge in [0.15, 0.2) is 12.1 Å². The number of hydrogen-bond acceptors (Lipinski definition) is 5. The van der Waals surface area contributed by atoms with Crippen LogP contribution in [0, 0.1) is 0 Å². The number of methoxy groups -OCH3 is 3. The summed E-state index contributed by atoms with van der Waals surface area (Å²) in [5, 5.41) is 8.61. The molecule has 0 saturated heterocycles. The van der Waals surface area contributed by atoms with Crippen molar-refractivity contribution in [3.63, 3.8) is 0 Å². The summed E-state index contributed by atoms with van der Waals surface area (Å²) in [6.07, 6.45) is 3.18. The molecule has 0 bridgehead atoms. The number of aliphatic hydroxyl groups is 1. The molecule has 5 heteroatoms. The molecule has 0 rings (SSSR count). The van der Waals surface area contributed by atoms with Gasteiger partial charge in [-0.1, -0.05) is 0 Å². The van der Waals surface area contributed by atoms with Gasteiger partial charge in [0, 0.05) is 33.3 Å². The summed E-state index contributed by atoms with van der Waals surface area (Å²) < 4.78 is 15.1. The minimum atomic E-state index is -0.411. The van der Waals surface area contributed by atoms with Crippen LogP contribution in [0.5, 0.6) is 0 Å². The highest BCUT2D eigenvalue weighted by Gasteiger charge is 2.10. The van der Waals surface area contributed by atoms with E-state index in [4.69, 9.17) is 19.3 Å². The van der Waals surface area contributed by atoms with Crippen molar-refractivity contribution in [3.05, 3.63) is 11.8 Å². The fraction of sp³-hybridized carbons (Fsp3) is 0.750. The molecule has 0 aliphatic rings. The van der Waals surface area contributed by atoms with Gasteiger partial charge in [-0.3, -0.25) is 4.79 Å². The van der Waals surface area contributed by atoms with Crippen LogP contribution < -0.4 is 0 Å². The van der Waals surface area contributed by atoms with Gasteiger partial charge in [0.2, 0.25) is 0 Å². The number of hydrogen-bond donors (Lipinski definition) is 1. The van der Waals surface area contributed by atoms with Crippen molar-refractivity contribution in [1.82, 2.24) is 0 Å². The number of rotatable bonds is 10. The number of ether oxygens (including phenoxy) is 3. The van der Waals surface area contributed by atoms with Gasteiger partial charge in [-0.15, -0.1) is 0 Å². The maximum atomic E-state index is 11.5. The molecule has 0 heterocycles. The first kappa shape index (κ1) is 16.1. The van der Waals surface area contributed by atoms with Crippen LogP contribution in [0.3, 0.4) is 0 Å². The van der Waals surface area contributed by atoms with Gasteiger partial charge in [-0.25, -0.2) is 0 Å². The quantitative estimate of drug-likeness (QED) is 0.272. The zero-order chi connectivity index (χ0) is 13.1. The van der Waals surface area contributed by atoms with Crippen LogP contribution in [-0.2, 0) is 19.0 Å². The highest BCUT2D eigenvalue weighted by Crippen LogP contribution is 2.10. The number of aliphatic hydroxyl groups excluding tert-OH is 1. The largest absolute Gasteiger partial charge is 0.501 e. The van der Waals surface area contributed by atoms with Crippen LogP contribution in [0.2, 0.25) is 0 Å². The van der Waals surface area contributed by atoms with E-state index in [1.54, 1.807) is 0 Å². The molecule has 0 fully saturated rings. The van der Waals surface area contributed by atoms with Crippen molar-refractivity contribution in [3.8, 4) is 0 Å². The van der Waals surface area contributed by atoms with E-state index >= 15 is 0 Å². The lowest BCUT2D eigenvalue weighted by Crippen LogP contribution is -2.15. The van der Waals surface area contributed by atoms with E-state index in [-0.39, 0.29) is 12.4 Å². The van der Waals surface area contributed by atoms with E-state index in [1.165, 1.54) is 27.4 Å². The third kappa shape index (κ3) is 7.90. The minimum absolute atomic E-state index is 0.0127. The second kappa shape index (κ2) is 10.3. The first-order chi connectivity index (χ1) is 8.17. The Morgan fingerprint density at radius 1 is 1.24 bits per heavy atom. The van der Waals surface area contributed by atoms with Crippen molar-refractivity contribution >= 4 is 5.78 Å². The molecule has 1 N–H and O–H groups in total. The number of allylic oxidation sites excluding steroid dienone is 1. The molecular weight excluding hydrogens is 224 g/mol. The predicted octanol–water partition coefficient (Wildman–Crippen LogP) is 1.26. The minimum Gasteiger partial charge on any atom is -0.501 e. The lowest BCUT2D eigenvalue weighted by molar-refractivity contribution is -0.115. The molecule has 0 saturated carbocycles. The van der Waals surface area contributed by atoms with Gasteiger partial charge < -0.3 is 19.3 Å². The van der Waals surface area contributed by atoms with E-state index < -0.39 is 6.29 Å². The molecule has 0 aromatic rings. The summed E-state index contributed by atoms with van der Waals surface area (Å²) in [6.45, 7) is 0.115. The molecule has 0 aliphatic carbocycles. The van der Waals surface area contributed by atoms with Crippen molar-refractivity contribution < 1.29 is 24.1 Å². The van der Waals surface area contributed by atoms with Crippen molar-refractivity contribution in [2.45, 2.75) is 32.0 Å². The summed E-state index contributed by atoms with van der Waals surface area (Å²) >= 11 is 0. The monoisotopic (exact) mass is 246 g/mol. The normalized spacial score (nSPS) is 11.9. The standard InChI is InChI=1S/C12H22O5/c1-15-11(9-12(16-2)17-3)8-10(14)6-4-5-7-13/h8,12-13H,4-7,9H2,1-3H3. The average Bonchev–Trinajstić information content (AvgIpc) is 2.34. The van der Waals surface area contributed by atoms with Crippen molar-refractivity contribution in [1.29, 1.82) is 0 Å². The van der Waals surface area contributed by atoms with Crippen molar-refractivity contribution in [2.24, 2.45) is 0 Å². The van der Waals surface area contributed by atoms with Gasteiger partial charge in [-0.05, 0) is 12.8 Å². The molecule has 0 atom stereocenters. The van der Waals surface area contributed by atoms with Crippen LogP contribution in [0.4, 0.5) is 0 Å². The predicted molar refractivity (Wildman–Crippen MR) is 63.5 cm³/mol. The van der Waals surface area contributed by atoms with E-state index in [1.807, 2.05) is 0 Å². The van der Waals surface area contributed by atoms with E-state index in [0.29, 0.717) is 31.4 Å². The van der Waals surface area contributed by atoms with E-state index in [0.717, 1.165) is 0 Å². The molecule has 0 aromatic heterocycles. The lowest BCUT2D eigenvalue weighted by Gasteiger charge is -2.14. The highest BCUT2D eigenvalue weighted by molar-refractivity contribution is 5.89. The average molecular weight is 246 g/mol. The van der Waals surface area contributed by atoms with Crippen LogP contribution >= 0.6 is 0 Å². The third-order valence-electron chi connectivity index (χ3n) is 2.31. The molecule has 17 heavy (non-hydrogen) atoms. The van der Waals surface area contributed by atoms with Gasteiger partial charge in [0.05, 0.1) is 13.5 Å². The molecule has 0 aliphatic heterocycles. The second-order valence-electron chi connectivity index (χ2n) is 3.57. The van der Waals surface area contributed by atoms with Gasteiger partial charge in [0.25, 0.3) is 0 Å². The molecule has 5 nitrogen and oxygen atoms in total. The van der Waals surface area contributed by atoms with Gasteiger partial charge in [-0.2, -0.15) is 0 Å². The van der Waals surface area contributed by atoms with Crippen LogP contribution in [0.15, 0.2) is 11.8 Å². The Balaban J connectivity index is 4.18. The fourth-order valence-corrected chi connectivity index (χ4v) is 1.29. The molecular formula is C12H22O5. The van der Waals surface area contributed by atoms with E-state index in [2.05, 4.69) is 0 Å². The number of carbonyl (C=O) groups is 1. The number of carbonyl (C=O) groups excluding carboxylic acids is 1. The molecule has 0 spiro atoms. The van der Waals surface area contributed by atoms with Crippen LogP contribution in [-0.4, -0.2) is 45.1 Å². The Morgan fingerprint density at radius 3 is 2.35 bits per heavy atom. The number of ketones is 1. The summed E-state index contributed by atoms with van der Waals surface area (Å²) in [5.74, 6) is 0.522. The van der Waals surface area contributed by atoms with Crippen LogP contribution in [0.25, 0.3) is 0 Å². The third-order valence-corrected chi connectivity index (χ3v) is 2.31. The summed E-state index contributed by atoms with van der Waals surface area (Å²) in [5.41, 5.74) is 0. The lowest BCUT2D eigenvalue weighted by atomic mass is 10.1. The summed E-state index contributed by atoms with van der Waals surface area (Å²) in [6, 6.07) is 0.